The Balaban J connectivity index is 1.53. The van der Waals surface area contributed by atoms with Gasteiger partial charge in [-0.25, -0.2) is 0 Å². The number of anilines is 1. The minimum Gasteiger partial charge on any atom is -0.497 e. The molecular weight excluding hydrogens is 408 g/mol. The van der Waals surface area contributed by atoms with Crippen molar-refractivity contribution >= 4 is 17.6 Å². The molecule has 0 saturated heterocycles. The van der Waals surface area contributed by atoms with E-state index in [4.69, 9.17) is 14.5 Å². The van der Waals surface area contributed by atoms with Crippen LogP contribution in [0.4, 0.5) is 11.4 Å². The maximum Gasteiger partial charge on any atom is 0.131 e. The molecule has 1 aliphatic rings. The molecule has 33 heavy (non-hydrogen) atoms. The van der Waals surface area contributed by atoms with Gasteiger partial charge < -0.3 is 14.4 Å². The molecule has 4 rings (SSSR count). The van der Waals surface area contributed by atoms with Crippen molar-refractivity contribution in [3.8, 4) is 17.2 Å². The second-order valence-electron chi connectivity index (χ2n) is 9.46. The molecule has 1 atom stereocenters. The van der Waals surface area contributed by atoms with Crippen molar-refractivity contribution in [3.63, 3.8) is 0 Å². The Kier molecular flexibility index (Phi) is 6.46. The van der Waals surface area contributed by atoms with Crippen molar-refractivity contribution in [3.05, 3.63) is 77.4 Å². The minimum atomic E-state index is 0.178. The lowest BCUT2D eigenvalue weighted by Gasteiger charge is -2.47. The Labute approximate surface area is 197 Å². The van der Waals surface area contributed by atoms with Crippen LogP contribution in [0.25, 0.3) is 0 Å². The molecule has 0 amide bonds. The third-order valence-corrected chi connectivity index (χ3v) is 6.56. The molecule has 0 spiro atoms. The molecule has 0 bridgehead atoms. The van der Waals surface area contributed by atoms with Gasteiger partial charge in [-0.3, -0.25) is 4.99 Å². The van der Waals surface area contributed by atoms with E-state index in [9.17, 15) is 0 Å². The van der Waals surface area contributed by atoms with Crippen molar-refractivity contribution in [1.29, 1.82) is 0 Å². The van der Waals surface area contributed by atoms with Gasteiger partial charge in [0, 0.05) is 30.1 Å². The second kappa shape index (κ2) is 9.30. The number of aryl methyl sites for hydroxylation is 1. The highest BCUT2D eigenvalue weighted by atomic mass is 16.5. The number of hydrogen-bond donors (Lipinski definition) is 0. The lowest BCUT2D eigenvalue weighted by atomic mass is 9.79. The molecule has 0 saturated carbocycles. The standard InChI is InChI=1S/C29H34N2O2/c1-7-31-28-15-20(2)22(16-27(28)21(3)18-29(31,4)5)19-30-23-11-13-24(14-12-23)33-26-10-8-9-25(17-26)32-6/h8-17,19,21H,7,18H2,1-6H3. The fraction of sp³-hybridized carbons (Fsp3) is 0.345. The van der Waals surface area contributed by atoms with Crippen molar-refractivity contribution in [2.45, 2.75) is 52.5 Å². The van der Waals surface area contributed by atoms with Gasteiger partial charge in [0.05, 0.1) is 12.8 Å². The number of hydrogen-bond acceptors (Lipinski definition) is 4. The van der Waals surface area contributed by atoms with Crippen LogP contribution in [0.3, 0.4) is 0 Å². The zero-order chi connectivity index (χ0) is 23.6. The molecule has 172 valence electrons. The molecule has 0 N–H and O–H groups in total. The third kappa shape index (κ3) is 4.90. The zero-order valence-electron chi connectivity index (χ0n) is 20.6. The van der Waals surface area contributed by atoms with Crippen LogP contribution in [0.5, 0.6) is 17.2 Å². The Morgan fingerprint density at radius 3 is 2.45 bits per heavy atom. The summed E-state index contributed by atoms with van der Waals surface area (Å²) in [7, 11) is 1.65. The Morgan fingerprint density at radius 2 is 1.76 bits per heavy atom. The monoisotopic (exact) mass is 442 g/mol. The quantitative estimate of drug-likeness (QED) is 0.368. The van der Waals surface area contributed by atoms with Crippen molar-refractivity contribution in [2.24, 2.45) is 4.99 Å². The predicted octanol–water partition coefficient (Wildman–Crippen LogP) is 7.66. The lowest BCUT2D eigenvalue weighted by Crippen LogP contribution is -2.48. The maximum absolute atomic E-state index is 5.93. The van der Waals surface area contributed by atoms with Crippen LogP contribution in [-0.4, -0.2) is 25.4 Å². The molecular formula is C29H34N2O2. The number of rotatable bonds is 6. The Bertz CT molecular complexity index is 1150. The van der Waals surface area contributed by atoms with Crippen LogP contribution in [0.15, 0.2) is 65.7 Å². The van der Waals surface area contributed by atoms with Crippen molar-refractivity contribution < 1.29 is 9.47 Å². The van der Waals surface area contributed by atoms with Gasteiger partial charge in [0.1, 0.15) is 17.2 Å². The van der Waals surface area contributed by atoms with Gasteiger partial charge in [0.15, 0.2) is 0 Å². The molecule has 4 heteroatoms. The average molecular weight is 443 g/mol. The number of methoxy groups -OCH3 is 1. The zero-order valence-corrected chi connectivity index (χ0v) is 20.6. The van der Waals surface area contributed by atoms with Crippen LogP contribution in [0, 0.1) is 6.92 Å². The van der Waals surface area contributed by atoms with Crippen LogP contribution >= 0.6 is 0 Å². The number of fused-ring (bicyclic) bond motifs is 1. The van der Waals surface area contributed by atoms with Gasteiger partial charge in [0.2, 0.25) is 0 Å². The van der Waals surface area contributed by atoms with Crippen LogP contribution in [-0.2, 0) is 0 Å². The summed E-state index contributed by atoms with van der Waals surface area (Å²) in [4.78, 5) is 7.28. The number of nitrogens with zero attached hydrogens (tertiary/aromatic N) is 2. The molecule has 1 unspecified atom stereocenters. The van der Waals surface area contributed by atoms with Gasteiger partial charge in [-0.05, 0) is 105 Å². The highest BCUT2D eigenvalue weighted by Crippen LogP contribution is 2.44. The first kappa shape index (κ1) is 22.9. The fourth-order valence-corrected chi connectivity index (χ4v) is 4.93. The maximum atomic E-state index is 5.93. The van der Waals surface area contributed by atoms with Gasteiger partial charge in [-0.2, -0.15) is 0 Å². The average Bonchev–Trinajstić information content (AvgIpc) is 2.79. The summed E-state index contributed by atoms with van der Waals surface area (Å²) in [5, 5.41) is 0. The summed E-state index contributed by atoms with van der Waals surface area (Å²) in [6.45, 7) is 12.5. The predicted molar refractivity (Wildman–Crippen MR) is 138 cm³/mol. The smallest absolute Gasteiger partial charge is 0.131 e. The van der Waals surface area contributed by atoms with Crippen molar-refractivity contribution in [1.82, 2.24) is 0 Å². The normalized spacial score (nSPS) is 17.2. The van der Waals surface area contributed by atoms with Crippen molar-refractivity contribution in [2.75, 3.05) is 18.6 Å². The van der Waals surface area contributed by atoms with Gasteiger partial charge in [-0.1, -0.05) is 13.0 Å². The number of benzene rings is 3. The molecule has 3 aromatic carbocycles. The summed E-state index contributed by atoms with van der Waals surface area (Å²) in [6, 6.07) is 20.1. The van der Waals surface area contributed by atoms with E-state index < -0.39 is 0 Å². The first-order valence-corrected chi connectivity index (χ1v) is 11.7. The van der Waals surface area contributed by atoms with E-state index in [2.05, 4.69) is 51.7 Å². The third-order valence-electron chi connectivity index (χ3n) is 6.56. The van der Waals surface area contributed by atoms with E-state index in [1.165, 1.54) is 22.4 Å². The van der Waals surface area contributed by atoms with E-state index in [0.717, 1.165) is 35.9 Å². The minimum absolute atomic E-state index is 0.178. The first-order valence-electron chi connectivity index (χ1n) is 11.7. The molecule has 0 radical (unpaired) electrons. The van der Waals surface area contributed by atoms with E-state index in [0.29, 0.717) is 5.92 Å². The summed E-state index contributed by atoms with van der Waals surface area (Å²) < 4.78 is 11.2. The summed E-state index contributed by atoms with van der Waals surface area (Å²) in [6.07, 6.45) is 3.14. The molecule has 0 aliphatic carbocycles. The molecule has 0 fully saturated rings. The Hall–Kier alpha value is -3.27. The first-order chi connectivity index (χ1) is 15.8. The highest BCUT2D eigenvalue weighted by molar-refractivity contribution is 5.86. The van der Waals surface area contributed by atoms with Gasteiger partial charge >= 0.3 is 0 Å². The number of aliphatic imine (C=N–C) groups is 1. The molecule has 0 aromatic heterocycles. The van der Waals surface area contributed by atoms with E-state index in [1.807, 2.05) is 54.7 Å². The molecule has 1 heterocycles. The van der Waals surface area contributed by atoms with Crippen LogP contribution in [0.1, 0.15) is 56.7 Å². The summed E-state index contributed by atoms with van der Waals surface area (Å²) in [5.41, 5.74) is 6.29. The lowest BCUT2D eigenvalue weighted by molar-refractivity contribution is 0.381. The van der Waals surface area contributed by atoms with E-state index in [-0.39, 0.29) is 5.54 Å². The van der Waals surface area contributed by atoms with Crippen LogP contribution in [0.2, 0.25) is 0 Å². The molecule has 3 aromatic rings. The summed E-state index contributed by atoms with van der Waals surface area (Å²) in [5.74, 6) is 2.81. The van der Waals surface area contributed by atoms with Crippen LogP contribution < -0.4 is 14.4 Å². The fourth-order valence-electron chi connectivity index (χ4n) is 4.93. The SMILES string of the molecule is CCN1c2cc(C)c(C=Nc3ccc(Oc4cccc(OC)c4)cc3)cc2C(C)CC1(C)C. The van der Waals surface area contributed by atoms with E-state index >= 15 is 0 Å². The van der Waals surface area contributed by atoms with Gasteiger partial charge in [-0.15, -0.1) is 0 Å². The second-order valence-corrected chi connectivity index (χ2v) is 9.46. The van der Waals surface area contributed by atoms with E-state index in [1.54, 1.807) is 7.11 Å². The highest BCUT2D eigenvalue weighted by Gasteiger charge is 2.35. The Morgan fingerprint density at radius 1 is 1.03 bits per heavy atom. The molecule has 1 aliphatic heterocycles. The summed E-state index contributed by atoms with van der Waals surface area (Å²) >= 11 is 0. The number of ether oxygens (including phenoxy) is 2. The largest absolute Gasteiger partial charge is 0.497 e. The molecule has 4 nitrogen and oxygen atoms in total. The topological polar surface area (TPSA) is 34.1 Å². The van der Waals surface area contributed by atoms with Gasteiger partial charge in [0.25, 0.3) is 0 Å².